The first-order valence-corrected chi connectivity index (χ1v) is 11.3. The van der Waals surface area contributed by atoms with Crippen molar-refractivity contribution in [2.45, 2.75) is 11.4 Å². The number of sulfonamides is 1. The lowest BCUT2D eigenvalue weighted by molar-refractivity contribution is -0.128. The molecule has 0 bridgehead atoms. The van der Waals surface area contributed by atoms with E-state index < -0.39 is 16.6 Å². The van der Waals surface area contributed by atoms with E-state index in [1.807, 2.05) is 30.3 Å². The molecule has 0 N–H and O–H groups in total. The Kier molecular flexibility index (Phi) is 7.02. The van der Waals surface area contributed by atoms with Crippen molar-refractivity contribution in [2.24, 2.45) is 0 Å². The number of rotatable bonds is 7. The molecule has 0 saturated heterocycles. The van der Waals surface area contributed by atoms with Gasteiger partial charge in [-0.2, -0.15) is 0 Å². The summed E-state index contributed by atoms with van der Waals surface area (Å²) in [4.78, 5) is 14.5. The molecule has 8 heteroatoms. The highest BCUT2D eigenvalue weighted by Gasteiger charge is 2.29. The number of likely N-dealkylation sites (N-methyl/N-ethyl adjacent to an activating group) is 1. The molecular weight excluding hydrogens is 443 g/mol. The molecule has 0 saturated carbocycles. The van der Waals surface area contributed by atoms with Crippen LogP contribution in [0.15, 0.2) is 83.8 Å². The number of halogens is 2. The van der Waals surface area contributed by atoms with Gasteiger partial charge in [-0.25, -0.2) is 8.42 Å². The van der Waals surface area contributed by atoms with E-state index in [0.29, 0.717) is 11.6 Å². The largest absolute Gasteiger partial charge is 0.340 e. The number of benzene rings is 3. The highest BCUT2D eigenvalue weighted by Crippen LogP contribution is 2.32. The molecule has 0 spiro atoms. The second-order valence-corrected chi connectivity index (χ2v) is 9.36. The van der Waals surface area contributed by atoms with Gasteiger partial charge in [0.2, 0.25) is 5.91 Å². The Hall–Kier alpha value is -2.54. The van der Waals surface area contributed by atoms with Gasteiger partial charge in [0.25, 0.3) is 10.0 Å². The summed E-state index contributed by atoms with van der Waals surface area (Å²) in [6.07, 6.45) is 0. The molecule has 0 atom stereocenters. The Morgan fingerprint density at radius 3 is 2.10 bits per heavy atom. The van der Waals surface area contributed by atoms with Crippen molar-refractivity contribution in [1.29, 1.82) is 0 Å². The SMILES string of the molecule is CN(Cc1ccccc1)C(=O)CN(c1ccc(Cl)cc1Cl)S(=O)(=O)c1ccccc1. The average Bonchev–Trinajstić information content (AvgIpc) is 2.73. The summed E-state index contributed by atoms with van der Waals surface area (Å²) in [5.74, 6) is -0.371. The van der Waals surface area contributed by atoms with Gasteiger partial charge in [-0.05, 0) is 35.9 Å². The summed E-state index contributed by atoms with van der Waals surface area (Å²) in [7, 11) is -2.40. The first-order valence-electron chi connectivity index (χ1n) is 9.10. The maximum absolute atomic E-state index is 13.3. The van der Waals surface area contributed by atoms with Gasteiger partial charge in [-0.15, -0.1) is 0 Å². The fraction of sp³-hybridized carbons (Fsp3) is 0.136. The fourth-order valence-electron chi connectivity index (χ4n) is 2.89. The summed E-state index contributed by atoms with van der Waals surface area (Å²) in [6, 6.07) is 21.9. The summed E-state index contributed by atoms with van der Waals surface area (Å²) in [6.45, 7) is -0.0465. The molecule has 3 aromatic carbocycles. The highest BCUT2D eigenvalue weighted by atomic mass is 35.5. The van der Waals surface area contributed by atoms with Crippen LogP contribution in [0.3, 0.4) is 0 Å². The second kappa shape index (κ2) is 9.51. The van der Waals surface area contributed by atoms with E-state index >= 15 is 0 Å². The van der Waals surface area contributed by atoms with Gasteiger partial charge in [0.05, 0.1) is 15.6 Å². The zero-order valence-corrected chi connectivity index (χ0v) is 18.5. The Bertz CT molecular complexity index is 1120. The minimum Gasteiger partial charge on any atom is -0.340 e. The number of hydrogen-bond acceptors (Lipinski definition) is 3. The van der Waals surface area contributed by atoms with Crippen LogP contribution in [0.25, 0.3) is 0 Å². The molecule has 156 valence electrons. The third-order valence-corrected chi connectivity index (χ3v) is 6.79. The van der Waals surface area contributed by atoms with Crippen molar-refractivity contribution in [3.05, 3.63) is 94.5 Å². The third kappa shape index (κ3) is 5.14. The van der Waals surface area contributed by atoms with E-state index in [4.69, 9.17) is 23.2 Å². The Morgan fingerprint density at radius 1 is 0.900 bits per heavy atom. The van der Waals surface area contributed by atoms with Gasteiger partial charge in [-0.3, -0.25) is 9.10 Å². The van der Waals surface area contributed by atoms with E-state index in [9.17, 15) is 13.2 Å². The highest BCUT2D eigenvalue weighted by molar-refractivity contribution is 7.92. The van der Waals surface area contributed by atoms with E-state index in [-0.39, 0.29) is 21.5 Å². The van der Waals surface area contributed by atoms with Crippen molar-refractivity contribution < 1.29 is 13.2 Å². The van der Waals surface area contributed by atoms with Gasteiger partial charge >= 0.3 is 0 Å². The Morgan fingerprint density at radius 2 is 1.50 bits per heavy atom. The molecule has 5 nitrogen and oxygen atoms in total. The number of nitrogens with zero attached hydrogens (tertiary/aromatic N) is 2. The van der Waals surface area contributed by atoms with E-state index in [1.54, 1.807) is 25.2 Å². The summed E-state index contributed by atoms with van der Waals surface area (Å²) < 4.78 is 27.7. The van der Waals surface area contributed by atoms with Crippen molar-refractivity contribution in [2.75, 3.05) is 17.9 Å². The maximum atomic E-state index is 13.3. The first kappa shape index (κ1) is 22.2. The summed E-state index contributed by atoms with van der Waals surface area (Å²) >= 11 is 12.3. The van der Waals surface area contributed by atoms with E-state index in [2.05, 4.69) is 0 Å². The third-order valence-electron chi connectivity index (χ3n) is 4.48. The van der Waals surface area contributed by atoms with Crippen LogP contribution in [0.2, 0.25) is 10.0 Å². The molecule has 0 fully saturated rings. The molecule has 0 aliphatic carbocycles. The Labute approximate surface area is 186 Å². The van der Waals surface area contributed by atoms with Crippen LogP contribution < -0.4 is 4.31 Å². The van der Waals surface area contributed by atoms with Crippen LogP contribution in [0.1, 0.15) is 5.56 Å². The zero-order valence-electron chi connectivity index (χ0n) is 16.2. The second-order valence-electron chi connectivity index (χ2n) is 6.66. The normalized spacial score (nSPS) is 11.2. The van der Waals surface area contributed by atoms with Gasteiger partial charge in [-0.1, -0.05) is 71.7 Å². The molecular formula is C22H20Cl2N2O3S. The number of hydrogen-bond donors (Lipinski definition) is 0. The van der Waals surface area contributed by atoms with Crippen molar-refractivity contribution >= 4 is 44.8 Å². The van der Waals surface area contributed by atoms with Gasteiger partial charge in [0.15, 0.2) is 0 Å². The number of anilines is 1. The summed E-state index contributed by atoms with van der Waals surface area (Å²) in [5.41, 5.74) is 1.13. The molecule has 0 radical (unpaired) electrons. The predicted molar refractivity (Wildman–Crippen MR) is 120 cm³/mol. The molecule has 3 rings (SSSR count). The average molecular weight is 463 g/mol. The quantitative estimate of drug-likeness (QED) is 0.504. The van der Waals surface area contributed by atoms with Crippen LogP contribution in [0, 0.1) is 0 Å². The molecule has 3 aromatic rings. The minimum absolute atomic E-state index is 0.0644. The predicted octanol–water partition coefficient (Wildman–Crippen LogP) is 4.85. The monoisotopic (exact) mass is 462 g/mol. The topological polar surface area (TPSA) is 57.7 Å². The zero-order chi connectivity index (χ0) is 21.7. The maximum Gasteiger partial charge on any atom is 0.264 e. The number of carbonyl (C=O) groups is 1. The van der Waals surface area contributed by atoms with Gasteiger partial charge in [0, 0.05) is 18.6 Å². The van der Waals surface area contributed by atoms with Crippen molar-refractivity contribution in [3.8, 4) is 0 Å². The molecule has 0 aliphatic heterocycles. The van der Waals surface area contributed by atoms with Crippen molar-refractivity contribution in [1.82, 2.24) is 4.90 Å². The van der Waals surface area contributed by atoms with Crippen LogP contribution in [0.5, 0.6) is 0 Å². The Balaban J connectivity index is 1.94. The van der Waals surface area contributed by atoms with Gasteiger partial charge < -0.3 is 4.90 Å². The fourth-order valence-corrected chi connectivity index (χ4v) is 4.91. The first-order chi connectivity index (χ1) is 14.3. The molecule has 0 aliphatic rings. The van der Waals surface area contributed by atoms with Gasteiger partial charge in [0.1, 0.15) is 6.54 Å². The molecule has 1 amide bonds. The smallest absolute Gasteiger partial charge is 0.264 e. The standard InChI is InChI=1S/C22H20Cl2N2O3S/c1-25(15-17-8-4-2-5-9-17)22(27)16-26(21-13-12-18(23)14-20(21)24)30(28,29)19-10-6-3-7-11-19/h2-14H,15-16H2,1H3. The summed E-state index contributed by atoms with van der Waals surface area (Å²) in [5, 5.41) is 0.508. The van der Waals surface area contributed by atoms with E-state index in [0.717, 1.165) is 9.87 Å². The molecule has 0 heterocycles. The molecule has 30 heavy (non-hydrogen) atoms. The lowest BCUT2D eigenvalue weighted by Gasteiger charge is -2.27. The molecule has 0 unspecified atom stereocenters. The van der Waals surface area contributed by atoms with Crippen LogP contribution >= 0.6 is 23.2 Å². The minimum atomic E-state index is -4.03. The van der Waals surface area contributed by atoms with Crippen LogP contribution in [0.4, 0.5) is 5.69 Å². The lowest BCUT2D eigenvalue weighted by Crippen LogP contribution is -2.41. The molecule has 0 aromatic heterocycles. The number of carbonyl (C=O) groups excluding carboxylic acids is 1. The lowest BCUT2D eigenvalue weighted by atomic mass is 10.2. The van der Waals surface area contributed by atoms with E-state index in [1.165, 1.54) is 35.2 Å². The van der Waals surface area contributed by atoms with Crippen LogP contribution in [-0.2, 0) is 21.4 Å². The van der Waals surface area contributed by atoms with Crippen molar-refractivity contribution in [3.63, 3.8) is 0 Å². The van der Waals surface area contributed by atoms with Crippen LogP contribution in [-0.4, -0.2) is 32.8 Å². The number of amides is 1.